The maximum Gasteiger partial charge on any atom is 0.138 e. The maximum atomic E-state index is 7.78. The highest BCUT2D eigenvalue weighted by atomic mass is 15.0. The molecular formula is C57H83N7. The van der Waals surface area contributed by atoms with Gasteiger partial charge in [0.25, 0.3) is 0 Å². The minimum absolute atomic E-state index is 0.0451. The second-order valence-electron chi connectivity index (χ2n) is 13.9. The summed E-state index contributed by atoms with van der Waals surface area (Å²) in [4.78, 5) is 11.9. The molecule has 0 radical (unpaired) electrons. The van der Waals surface area contributed by atoms with Gasteiger partial charge >= 0.3 is 0 Å². The molecule has 64 heavy (non-hydrogen) atoms. The molecule has 1 unspecified atom stereocenters. The summed E-state index contributed by atoms with van der Waals surface area (Å²) in [7, 11) is 1.75. The SMILES string of the molecule is C#C/C(=C\C)CC.C=C(/C=C\C(=C/CC)N/C=C(\C=C/C)CCC)NC(C)/C=C\C(=C/C=N)Cc1cnc(NC2=CCC=C(CC)C=C2)c2ccccc12.C=NCC.CC.CC=NC. The number of nitrogens with one attached hydrogen (secondary N) is 4. The third-order valence-electron chi connectivity index (χ3n) is 9.08. The van der Waals surface area contributed by atoms with E-state index in [4.69, 9.17) is 16.8 Å². The van der Waals surface area contributed by atoms with E-state index in [2.05, 4.69) is 171 Å². The third kappa shape index (κ3) is 27.6. The molecule has 1 atom stereocenters. The highest BCUT2D eigenvalue weighted by Gasteiger charge is 2.10. The van der Waals surface area contributed by atoms with Gasteiger partial charge in [0.15, 0.2) is 0 Å². The van der Waals surface area contributed by atoms with E-state index in [0.717, 1.165) is 95.5 Å². The van der Waals surface area contributed by atoms with Gasteiger partial charge < -0.3 is 31.3 Å². The number of rotatable bonds is 20. The molecule has 7 heteroatoms. The van der Waals surface area contributed by atoms with Crippen LogP contribution in [0, 0.1) is 17.8 Å². The number of aliphatic imine (C=N–C) groups is 2. The van der Waals surface area contributed by atoms with Gasteiger partial charge in [-0.1, -0.05) is 145 Å². The monoisotopic (exact) mass is 866 g/mol. The first-order valence-corrected chi connectivity index (χ1v) is 23.0. The summed E-state index contributed by atoms with van der Waals surface area (Å²) in [6, 6.07) is 8.43. The van der Waals surface area contributed by atoms with Crippen LogP contribution in [-0.2, 0) is 6.42 Å². The minimum atomic E-state index is 0.0451. The van der Waals surface area contributed by atoms with Crippen molar-refractivity contribution >= 4 is 35.7 Å². The average Bonchev–Trinajstić information content (AvgIpc) is 3.56. The van der Waals surface area contributed by atoms with E-state index in [9.17, 15) is 0 Å². The molecule has 346 valence electrons. The lowest BCUT2D eigenvalue weighted by Gasteiger charge is -2.14. The van der Waals surface area contributed by atoms with Gasteiger partial charge in [-0.3, -0.25) is 0 Å². The topological polar surface area (TPSA) is 97.5 Å². The number of benzene rings is 1. The van der Waals surface area contributed by atoms with Crippen LogP contribution in [-0.4, -0.2) is 43.8 Å². The van der Waals surface area contributed by atoms with Crippen LogP contribution in [0.25, 0.3) is 10.8 Å². The summed E-state index contributed by atoms with van der Waals surface area (Å²) in [6.45, 7) is 30.8. The molecule has 0 bridgehead atoms. The quantitative estimate of drug-likeness (QED) is 0.0605. The predicted octanol–water partition coefficient (Wildman–Crippen LogP) is 15.1. The number of fused-ring (bicyclic) bond motifs is 1. The summed E-state index contributed by atoms with van der Waals surface area (Å²) in [6.07, 6.45) is 46.1. The summed E-state index contributed by atoms with van der Waals surface area (Å²) >= 11 is 0. The highest BCUT2D eigenvalue weighted by Crippen LogP contribution is 2.28. The molecule has 1 aromatic heterocycles. The molecule has 3 rings (SSSR count). The first kappa shape index (κ1) is 59.8. The molecule has 1 aliphatic rings. The van der Waals surface area contributed by atoms with E-state index < -0.39 is 0 Å². The normalized spacial score (nSPS) is 13.4. The molecule has 0 aliphatic heterocycles. The Morgan fingerprint density at radius 2 is 1.67 bits per heavy atom. The molecule has 1 heterocycles. The van der Waals surface area contributed by atoms with Gasteiger partial charge in [0, 0.05) is 60.7 Å². The van der Waals surface area contributed by atoms with Gasteiger partial charge in [0.1, 0.15) is 5.82 Å². The van der Waals surface area contributed by atoms with Gasteiger partial charge in [0.2, 0.25) is 0 Å². The lowest BCUT2D eigenvalue weighted by atomic mass is 9.99. The van der Waals surface area contributed by atoms with E-state index >= 15 is 0 Å². The van der Waals surface area contributed by atoms with Crippen molar-refractivity contribution in [2.75, 3.05) is 18.9 Å². The molecule has 2 aromatic rings. The van der Waals surface area contributed by atoms with Crippen LogP contribution in [0.2, 0.25) is 0 Å². The van der Waals surface area contributed by atoms with Crippen molar-refractivity contribution in [1.82, 2.24) is 15.6 Å². The van der Waals surface area contributed by atoms with E-state index in [0.29, 0.717) is 6.42 Å². The maximum absolute atomic E-state index is 7.78. The number of hydrogen-bond acceptors (Lipinski definition) is 7. The Balaban J connectivity index is 0. The molecule has 0 fully saturated rings. The van der Waals surface area contributed by atoms with E-state index in [1.807, 2.05) is 66.0 Å². The fraction of sp³-hybridized carbons (Fsp3) is 0.368. The summed E-state index contributed by atoms with van der Waals surface area (Å²) < 4.78 is 0. The Kier molecular flexibility index (Phi) is 38.1. The molecule has 0 amide bonds. The fourth-order valence-corrected chi connectivity index (χ4v) is 5.67. The van der Waals surface area contributed by atoms with Gasteiger partial charge in [0.05, 0.1) is 0 Å². The van der Waals surface area contributed by atoms with Gasteiger partial charge in [-0.25, -0.2) is 4.98 Å². The van der Waals surface area contributed by atoms with Crippen LogP contribution in [0.4, 0.5) is 5.82 Å². The van der Waals surface area contributed by atoms with Crippen molar-refractivity contribution in [2.45, 2.75) is 127 Å². The van der Waals surface area contributed by atoms with Crippen molar-refractivity contribution < 1.29 is 0 Å². The van der Waals surface area contributed by atoms with Crippen molar-refractivity contribution in [3.05, 3.63) is 167 Å². The van der Waals surface area contributed by atoms with E-state index in [-0.39, 0.29) is 6.04 Å². The Hall–Kier alpha value is -6.26. The number of terminal acetylenes is 1. The largest absolute Gasteiger partial charge is 0.380 e. The fourth-order valence-electron chi connectivity index (χ4n) is 5.67. The average molecular weight is 866 g/mol. The van der Waals surface area contributed by atoms with Crippen LogP contribution >= 0.6 is 0 Å². The van der Waals surface area contributed by atoms with Gasteiger partial charge in [-0.05, 0) is 138 Å². The second-order valence-corrected chi connectivity index (χ2v) is 13.9. The number of hydrogen-bond donors (Lipinski definition) is 4. The summed E-state index contributed by atoms with van der Waals surface area (Å²) in [5.41, 5.74) is 8.77. The first-order valence-electron chi connectivity index (χ1n) is 23.0. The molecular weight excluding hydrogens is 783 g/mol. The first-order chi connectivity index (χ1) is 31.1. The summed E-state index contributed by atoms with van der Waals surface area (Å²) in [5.74, 6) is 3.41. The summed E-state index contributed by atoms with van der Waals surface area (Å²) in [5, 5.41) is 20.5. The Morgan fingerprint density at radius 3 is 2.20 bits per heavy atom. The molecule has 0 saturated carbocycles. The van der Waals surface area contributed by atoms with Crippen LogP contribution in [0.5, 0.6) is 0 Å². The lowest BCUT2D eigenvalue weighted by molar-refractivity contribution is 0.744. The zero-order valence-corrected chi connectivity index (χ0v) is 41.7. The minimum Gasteiger partial charge on any atom is -0.380 e. The van der Waals surface area contributed by atoms with Crippen LogP contribution in [0.15, 0.2) is 172 Å². The lowest BCUT2D eigenvalue weighted by Crippen LogP contribution is -2.21. The number of allylic oxidation sites excluding steroid dienone is 16. The smallest absolute Gasteiger partial charge is 0.138 e. The zero-order chi connectivity index (χ0) is 48.4. The van der Waals surface area contributed by atoms with Crippen LogP contribution < -0.4 is 16.0 Å². The molecule has 1 aromatic carbocycles. The van der Waals surface area contributed by atoms with Gasteiger partial charge in [-0.15, -0.1) is 6.42 Å². The molecule has 0 spiro atoms. The zero-order valence-electron chi connectivity index (χ0n) is 41.7. The van der Waals surface area contributed by atoms with Crippen LogP contribution in [0.1, 0.15) is 120 Å². The number of pyridine rings is 1. The van der Waals surface area contributed by atoms with Crippen molar-refractivity contribution in [3.8, 4) is 12.3 Å². The predicted molar refractivity (Wildman–Crippen MR) is 290 cm³/mol. The van der Waals surface area contributed by atoms with E-state index in [1.165, 1.54) is 17.4 Å². The molecule has 1 aliphatic carbocycles. The Morgan fingerprint density at radius 1 is 0.984 bits per heavy atom. The molecule has 0 saturated heterocycles. The van der Waals surface area contributed by atoms with E-state index in [1.54, 1.807) is 13.3 Å². The Labute approximate surface area is 390 Å². The highest BCUT2D eigenvalue weighted by molar-refractivity contribution is 5.95. The van der Waals surface area contributed by atoms with Crippen LogP contribution in [0.3, 0.4) is 0 Å². The number of anilines is 1. The van der Waals surface area contributed by atoms with Crippen molar-refractivity contribution in [3.63, 3.8) is 0 Å². The molecule has 4 N–H and O–H groups in total. The van der Waals surface area contributed by atoms with Crippen molar-refractivity contribution in [2.24, 2.45) is 9.98 Å². The number of aromatic nitrogens is 1. The second kappa shape index (κ2) is 40.8. The van der Waals surface area contributed by atoms with Gasteiger partial charge in [-0.2, -0.15) is 0 Å². The molecule has 7 nitrogen and oxygen atoms in total. The van der Waals surface area contributed by atoms with Crippen molar-refractivity contribution in [1.29, 1.82) is 5.41 Å². The Bertz CT molecular complexity index is 2030. The standard InChI is InChI=1S/C42H53N5.C7H10.2C3H7N.C2H6/c1-7-14-36(15-8-2)30-44-38(16-9-3)25-22-33(6)46-32(5)21-23-35(27-28-43)29-37-31-45-42(41-20-12-11-19-40(37)41)47-39-18-13-17-34(10-4)24-26-39;1-4-7(5-2)6-3;2*1-3-4-2;1-2/h7,11-12,14,16-28,30-32,43-44,46H,6,8-10,13,15,29H2,1-5H3,(H,45,47);1,5H,6H2,2-3H3;3H,1-2H3;2-3H2,1H3;1-2H3/b14-7-,23-21-,25-22-,35-27+,36-30+,38-16+,43-28?;7-5+;;;. The number of nitrogens with zero attached hydrogens (tertiary/aromatic N) is 3. The third-order valence-corrected chi connectivity index (χ3v) is 9.08.